The number of aromatic nitrogens is 2. The number of hydrogen-bond acceptors (Lipinski definition) is 5. The van der Waals surface area contributed by atoms with Crippen molar-refractivity contribution in [2.75, 3.05) is 31.5 Å². The first kappa shape index (κ1) is 22.3. The molecule has 0 saturated carbocycles. The van der Waals surface area contributed by atoms with E-state index in [-0.39, 0.29) is 24.9 Å². The van der Waals surface area contributed by atoms with Crippen molar-refractivity contribution in [3.05, 3.63) is 42.1 Å². The minimum absolute atomic E-state index is 0.123. The van der Waals surface area contributed by atoms with Gasteiger partial charge in [0.25, 0.3) is 0 Å². The van der Waals surface area contributed by atoms with Crippen molar-refractivity contribution in [1.82, 2.24) is 19.4 Å². The predicted octanol–water partition coefficient (Wildman–Crippen LogP) is 2.13. The van der Waals surface area contributed by atoms with Gasteiger partial charge in [0.2, 0.25) is 15.9 Å². The summed E-state index contributed by atoms with van der Waals surface area (Å²) >= 11 is 0. The Morgan fingerprint density at radius 2 is 1.93 bits per heavy atom. The molecule has 0 aliphatic carbocycles. The van der Waals surface area contributed by atoms with Crippen LogP contribution in [0.3, 0.4) is 0 Å². The Bertz CT molecular complexity index is 988. The van der Waals surface area contributed by atoms with E-state index in [2.05, 4.69) is 27.0 Å². The molecule has 1 aromatic carbocycles. The molecule has 0 bridgehead atoms. The minimum Gasteiger partial charge on any atom is -0.311 e. The third-order valence-corrected chi connectivity index (χ3v) is 6.59. The molecular weight excluding hydrogens is 416 g/mol. The maximum Gasteiger partial charge on any atom is 0.240 e. The number of anilines is 1. The Morgan fingerprint density at radius 3 is 2.60 bits per heavy atom. The summed E-state index contributed by atoms with van der Waals surface area (Å²) < 4.78 is 54.6. The Labute approximate surface area is 174 Å². The third-order valence-electron chi connectivity index (χ3n) is 5.13. The van der Waals surface area contributed by atoms with Gasteiger partial charge in [-0.1, -0.05) is 6.92 Å². The number of rotatable bonds is 8. The average Bonchev–Trinajstić information content (AvgIpc) is 3.17. The molecule has 164 valence electrons. The second-order valence-corrected chi connectivity index (χ2v) is 8.87. The monoisotopic (exact) mass is 441 g/mol. The van der Waals surface area contributed by atoms with Crippen molar-refractivity contribution < 1.29 is 22.0 Å². The van der Waals surface area contributed by atoms with Gasteiger partial charge in [0, 0.05) is 32.1 Å². The lowest BCUT2D eigenvalue weighted by atomic mass is 10.1. The average molecular weight is 442 g/mol. The van der Waals surface area contributed by atoms with Crippen molar-refractivity contribution in [3.8, 4) is 0 Å². The van der Waals surface area contributed by atoms with Crippen LogP contribution in [-0.4, -0.2) is 55.2 Å². The number of amides is 1. The maximum absolute atomic E-state index is 13.3. The molecule has 11 heteroatoms. The van der Waals surface area contributed by atoms with Crippen LogP contribution in [-0.2, 0) is 14.8 Å². The molecule has 3 rings (SSSR count). The van der Waals surface area contributed by atoms with Crippen molar-refractivity contribution in [1.29, 1.82) is 0 Å². The minimum atomic E-state index is -4.05. The standard InChI is InChI=1S/C19H25F2N5O3S/c1-2-25-11-7-14(8-12-25)26-18(5-9-22-26)24-19(27)6-10-23-30(28,29)15-3-4-16(20)17(21)13-15/h3-5,9,13-14,23H,2,6-8,10-12H2,1H3,(H,24,27). The highest BCUT2D eigenvalue weighted by Gasteiger charge is 2.22. The molecule has 2 aromatic rings. The molecule has 1 saturated heterocycles. The second-order valence-electron chi connectivity index (χ2n) is 7.10. The van der Waals surface area contributed by atoms with E-state index >= 15 is 0 Å². The molecule has 1 fully saturated rings. The number of carbonyl (C=O) groups is 1. The fraction of sp³-hybridized carbons (Fsp3) is 0.474. The first-order chi connectivity index (χ1) is 14.3. The van der Waals surface area contributed by atoms with Crippen LogP contribution >= 0.6 is 0 Å². The van der Waals surface area contributed by atoms with Crippen LogP contribution in [0.1, 0.15) is 32.2 Å². The van der Waals surface area contributed by atoms with Gasteiger partial charge in [0.05, 0.1) is 17.1 Å². The van der Waals surface area contributed by atoms with Crippen LogP contribution in [0.5, 0.6) is 0 Å². The summed E-state index contributed by atoms with van der Waals surface area (Å²) in [6, 6.07) is 4.20. The van der Waals surface area contributed by atoms with Crippen molar-refractivity contribution in [2.45, 2.75) is 37.1 Å². The van der Waals surface area contributed by atoms with Gasteiger partial charge in [0.1, 0.15) is 5.82 Å². The molecule has 1 aliphatic heterocycles. The van der Waals surface area contributed by atoms with Gasteiger partial charge in [-0.25, -0.2) is 26.6 Å². The highest BCUT2D eigenvalue weighted by molar-refractivity contribution is 7.89. The number of benzene rings is 1. The van der Waals surface area contributed by atoms with Gasteiger partial charge in [-0.15, -0.1) is 0 Å². The molecule has 0 unspecified atom stereocenters. The number of likely N-dealkylation sites (tertiary alicyclic amines) is 1. The number of nitrogens with one attached hydrogen (secondary N) is 2. The molecule has 8 nitrogen and oxygen atoms in total. The fourth-order valence-electron chi connectivity index (χ4n) is 3.42. The van der Waals surface area contributed by atoms with Crippen LogP contribution < -0.4 is 10.0 Å². The van der Waals surface area contributed by atoms with Gasteiger partial charge in [-0.05, 0) is 37.6 Å². The number of sulfonamides is 1. The maximum atomic E-state index is 13.3. The lowest BCUT2D eigenvalue weighted by Crippen LogP contribution is -2.35. The van der Waals surface area contributed by atoms with Crippen LogP contribution in [0.25, 0.3) is 0 Å². The zero-order chi connectivity index (χ0) is 21.7. The van der Waals surface area contributed by atoms with E-state index in [1.165, 1.54) is 0 Å². The van der Waals surface area contributed by atoms with Gasteiger partial charge >= 0.3 is 0 Å². The Morgan fingerprint density at radius 1 is 1.20 bits per heavy atom. The topological polar surface area (TPSA) is 96.3 Å². The summed E-state index contributed by atoms with van der Waals surface area (Å²) in [5.41, 5.74) is 0. The normalized spacial score (nSPS) is 16.0. The summed E-state index contributed by atoms with van der Waals surface area (Å²) in [6.07, 6.45) is 3.37. The number of hydrogen-bond donors (Lipinski definition) is 2. The largest absolute Gasteiger partial charge is 0.311 e. The number of carbonyl (C=O) groups excluding carboxylic acids is 1. The zero-order valence-electron chi connectivity index (χ0n) is 16.6. The number of halogens is 2. The number of piperidine rings is 1. The van der Waals surface area contributed by atoms with E-state index in [0.29, 0.717) is 11.9 Å². The fourth-order valence-corrected chi connectivity index (χ4v) is 4.46. The van der Waals surface area contributed by atoms with Crippen LogP contribution in [0.4, 0.5) is 14.6 Å². The van der Waals surface area contributed by atoms with Gasteiger partial charge in [-0.2, -0.15) is 5.10 Å². The summed E-state index contributed by atoms with van der Waals surface area (Å²) in [7, 11) is -4.05. The van der Waals surface area contributed by atoms with Crippen molar-refractivity contribution >= 4 is 21.7 Å². The quantitative estimate of drug-likeness (QED) is 0.654. The molecule has 1 amide bonds. The molecular formula is C19H25F2N5O3S. The van der Waals surface area contributed by atoms with E-state index in [0.717, 1.165) is 44.6 Å². The van der Waals surface area contributed by atoms with E-state index < -0.39 is 26.6 Å². The molecule has 30 heavy (non-hydrogen) atoms. The Hall–Kier alpha value is -2.37. The van der Waals surface area contributed by atoms with Crippen molar-refractivity contribution in [3.63, 3.8) is 0 Å². The van der Waals surface area contributed by atoms with E-state index in [9.17, 15) is 22.0 Å². The molecule has 1 aliphatic rings. The van der Waals surface area contributed by atoms with E-state index in [4.69, 9.17) is 0 Å². The smallest absolute Gasteiger partial charge is 0.240 e. The molecule has 0 spiro atoms. The van der Waals surface area contributed by atoms with Gasteiger partial charge in [-0.3, -0.25) is 4.79 Å². The summed E-state index contributed by atoms with van der Waals surface area (Å²) in [5, 5.41) is 7.08. The molecule has 2 N–H and O–H groups in total. The Kier molecular flexibility index (Phi) is 7.16. The van der Waals surface area contributed by atoms with E-state index in [1.54, 1.807) is 16.9 Å². The highest BCUT2D eigenvalue weighted by Crippen LogP contribution is 2.25. The van der Waals surface area contributed by atoms with Crippen LogP contribution in [0, 0.1) is 11.6 Å². The molecule has 2 heterocycles. The molecule has 0 atom stereocenters. The zero-order valence-corrected chi connectivity index (χ0v) is 17.5. The van der Waals surface area contributed by atoms with Gasteiger partial charge < -0.3 is 10.2 Å². The number of nitrogens with zero attached hydrogens (tertiary/aromatic N) is 3. The lowest BCUT2D eigenvalue weighted by Gasteiger charge is -2.31. The molecule has 1 aromatic heterocycles. The Balaban J connectivity index is 1.52. The first-order valence-corrected chi connectivity index (χ1v) is 11.3. The first-order valence-electron chi connectivity index (χ1n) is 9.80. The van der Waals surface area contributed by atoms with Crippen LogP contribution in [0.2, 0.25) is 0 Å². The van der Waals surface area contributed by atoms with Crippen LogP contribution in [0.15, 0.2) is 35.4 Å². The molecule has 0 radical (unpaired) electrons. The van der Waals surface area contributed by atoms with E-state index in [1.807, 2.05) is 0 Å². The van der Waals surface area contributed by atoms with Crippen molar-refractivity contribution in [2.24, 2.45) is 0 Å². The lowest BCUT2D eigenvalue weighted by molar-refractivity contribution is -0.116. The summed E-state index contributed by atoms with van der Waals surface area (Å²) in [4.78, 5) is 14.2. The van der Waals surface area contributed by atoms with Gasteiger partial charge in [0.15, 0.2) is 11.6 Å². The SMILES string of the molecule is CCN1CCC(n2nccc2NC(=O)CCNS(=O)(=O)c2ccc(F)c(F)c2)CC1. The second kappa shape index (κ2) is 9.63. The summed E-state index contributed by atoms with van der Waals surface area (Å²) in [5.74, 6) is -2.20. The third kappa shape index (κ3) is 5.41. The highest BCUT2D eigenvalue weighted by atomic mass is 32.2. The summed E-state index contributed by atoms with van der Waals surface area (Å²) in [6.45, 7) is 4.90. The predicted molar refractivity (Wildman–Crippen MR) is 107 cm³/mol.